The summed E-state index contributed by atoms with van der Waals surface area (Å²) in [6, 6.07) is 8.28. The first-order valence-electron chi connectivity index (χ1n) is 5.28. The van der Waals surface area contributed by atoms with Gasteiger partial charge in [-0.25, -0.2) is 9.66 Å². The number of hydrogen-bond acceptors (Lipinski definition) is 3. The molecule has 0 unspecified atom stereocenters. The first kappa shape index (κ1) is 10.5. The molecule has 1 aromatic heterocycles. The summed E-state index contributed by atoms with van der Waals surface area (Å²) in [5.74, 6) is 6.44. The average molecular weight is 216 g/mol. The van der Waals surface area contributed by atoms with Crippen molar-refractivity contribution in [3.63, 3.8) is 0 Å². The van der Waals surface area contributed by atoms with Gasteiger partial charge in [0.25, 0.3) is 0 Å². The second-order valence-corrected chi connectivity index (χ2v) is 4.17. The van der Waals surface area contributed by atoms with Crippen LogP contribution in [0.15, 0.2) is 30.5 Å². The van der Waals surface area contributed by atoms with Crippen LogP contribution in [0.3, 0.4) is 0 Å². The number of anilines is 1. The molecule has 0 spiro atoms. The number of hydrogen-bond donors (Lipinski definition) is 2. The van der Waals surface area contributed by atoms with Gasteiger partial charge in [-0.2, -0.15) is 0 Å². The lowest BCUT2D eigenvalue weighted by atomic mass is 10.0. The van der Waals surface area contributed by atoms with Crippen molar-refractivity contribution in [2.75, 3.05) is 11.6 Å². The van der Waals surface area contributed by atoms with Crippen molar-refractivity contribution in [3.05, 3.63) is 36.0 Å². The molecule has 0 saturated carbocycles. The standard InChI is InChI=1S/C12H16N4/c1-8(2)9-3-5-10(6-4-9)11-7-16(14)12(13)15-11/h3-8H,14H2,1-2H3,(H2,13,15). The third-order valence-corrected chi connectivity index (χ3v) is 2.63. The first-order chi connectivity index (χ1) is 7.58. The largest absolute Gasteiger partial charge is 0.368 e. The zero-order chi connectivity index (χ0) is 11.7. The maximum atomic E-state index is 5.59. The summed E-state index contributed by atoms with van der Waals surface area (Å²) in [6.45, 7) is 4.34. The summed E-state index contributed by atoms with van der Waals surface area (Å²) < 4.78 is 1.33. The molecule has 0 bridgehead atoms. The molecule has 4 heteroatoms. The van der Waals surface area contributed by atoms with E-state index in [1.54, 1.807) is 6.20 Å². The van der Waals surface area contributed by atoms with Crippen molar-refractivity contribution in [2.45, 2.75) is 19.8 Å². The molecule has 2 aromatic rings. The van der Waals surface area contributed by atoms with E-state index in [0.717, 1.165) is 11.3 Å². The molecule has 0 atom stereocenters. The molecule has 1 aromatic carbocycles. The minimum absolute atomic E-state index is 0.322. The van der Waals surface area contributed by atoms with Gasteiger partial charge in [0.15, 0.2) is 0 Å². The Bertz CT molecular complexity index is 463. The SMILES string of the molecule is CC(C)c1ccc(-c2cn(N)c(N)n2)cc1. The van der Waals surface area contributed by atoms with Gasteiger partial charge >= 0.3 is 0 Å². The van der Waals surface area contributed by atoms with Crippen molar-refractivity contribution >= 4 is 5.95 Å². The zero-order valence-electron chi connectivity index (χ0n) is 9.51. The molecular weight excluding hydrogens is 200 g/mol. The van der Waals surface area contributed by atoms with Crippen LogP contribution in [0.5, 0.6) is 0 Å². The molecule has 1 heterocycles. The van der Waals surface area contributed by atoms with E-state index in [4.69, 9.17) is 11.6 Å². The van der Waals surface area contributed by atoms with Gasteiger partial charge in [0.05, 0.1) is 11.9 Å². The zero-order valence-corrected chi connectivity index (χ0v) is 9.51. The highest BCUT2D eigenvalue weighted by Crippen LogP contribution is 2.21. The highest BCUT2D eigenvalue weighted by atomic mass is 15.3. The summed E-state index contributed by atoms with van der Waals surface area (Å²) in [6.07, 6.45) is 1.72. The quantitative estimate of drug-likeness (QED) is 0.754. The van der Waals surface area contributed by atoms with Gasteiger partial charge in [0.2, 0.25) is 5.95 Å². The van der Waals surface area contributed by atoms with Crippen LogP contribution >= 0.6 is 0 Å². The van der Waals surface area contributed by atoms with Crippen molar-refractivity contribution in [3.8, 4) is 11.3 Å². The van der Waals surface area contributed by atoms with Crippen LogP contribution in [-0.4, -0.2) is 9.66 Å². The predicted octanol–water partition coefficient (Wildman–Crippen LogP) is 1.97. The molecule has 0 aliphatic rings. The van der Waals surface area contributed by atoms with Crippen LogP contribution in [0.4, 0.5) is 5.95 Å². The summed E-state index contributed by atoms with van der Waals surface area (Å²) in [5.41, 5.74) is 8.72. The molecule has 16 heavy (non-hydrogen) atoms. The molecule has 0 aliphatic heterocycles. The topological polar surface area (TPSA) is 69.9 Å². The van der Waals surface area contributed by atoms with Gasteiger partial charge in [-0.05, 0) is 11.5 Å². The van der Waals surface area contributed by atoms with Gasteiger partial charge in [0, 0.05) is 5.56 Å². The first-order valence-corrected chi connectivity index (χ1v) is 5.28. The van der Waals surface area contributed by atoms with E-state index in [2.05, 4.69) is 31.0 Å². The third-order valence-electron chi connectivity index (χ3n) is 2.63. The van der Waals surface area contributed by atoms with Gasteiger partial charge in [0.1, 0.15) is 0 Å². The highest BCUT2D eigenvalue weighted by Gasteiger charge is 2.05. The van der Waals surface area contributed by atoms with Gasteiger partial charge in [-0.1, -0.05) is 38.1 Å². The monoisotopic (exact) mass is 216 g/mol. The van der Waals surface area contributed by atoms with Crippen LogP contribution in [-0.2, 0) is 0 Å². The molecule has 0 amide bonds. The molecule has 0 radical (unpaired) electrons. The molecular formula is C12H16N4. The molecule has 84 valence electrons. The average Bonchev–Trinajstić information content (AvgIpc) is 2.59. The maximum Gasteiger partial charge on any atom is 0.219 e. The van der Waals surface area contributed by atoms with Crippen molar-refractivity contribution in [1.82, 2.24) is 9.66 Å². The van der Waals surface area contributed by atoms with Crippen LogP contribution in [0.2, 0.25) is 0 Å². The number of nitrogens with zero attached hydrogens (tertiary/aromatic N) is 2. The van der Waals surface area contributed by atoms with Gasteiger partial charge < -0.3 is 11.6 Å². The van der Waals surface area contributed by atoms with Crippen LogP contribution < -0.4 is 11.6 Å². The van der Waals surface area contributed by atoms with E-state index in [1.165, 1.54) is 10.2 Å². The lowest BCUT2D eigenvalue weighted by Gasteiger charge is -2.05. The predicted molar refractivity (Wildman–Crippen MR) is 66.3 cm³/mol. The number of benzene rings is 1. The number of aromatic nitrogens is 2. The van der Waals surface area contributed by atoms with Crippen LogP contribution in [0.1, 0.15) is 25.3 Å². The fourth-order valence-electron chi connectivity index (χ4n) is 1.59. The second-order valence-electron chi connectivity index (χ2n) is 4.17. The molecule has 2 rings (SSSR count). The van der Waals surface area contributed by atoms with E-state index in [9.17, 15) is 0 Å². The minimum atomic E-state index is 0.322. The lowest BCUT2D eigenvalue weighted by Crippen LogP contribution is -2.09. The highest BCUT2D eigenvalue weighted by molar-refractivity contribution is 5.60. The van der Waals surface area contributed by atoms with Gasteiger partial charge in [-0.3, -0.25) is 0 Å². The fraction of sp³-hybridized carbons (Fsp3) is 0.250. The Morgan fingerprint density at radius 2 is 1.81 bits per heavy atom. The van der Waals surface area contributed by atoms with Crippen molar-refractivity contribution < 1.29 is 0 Å². The van der Waals surface area contributed by atoms with Crippen molar-refractivity contribution in [1.29, 1.82) is 0 Å². The Balaban J connectivity index is 2.34. The molecule has 0 fully saturated rings. The normalized spacial score (nSPS) is 10.9. The van der Waals surface area contributed by atoms with E-state index in [1.807, 2.05) is 12.1 Å². The van der Waals surface area contributed by atoms with Gasteiger partial charge in [-0.15, -0.1) is 0 Å². The Morgan fingerprint density at radius 1 is 1.19 bits per heavy atom. The fourth-order valence-corrected chi connectivity index (χ4v) is 1.59. The van der Waals surface area contributed by atoms with E-state index in [-0.39, 0.29) is 0 Å². The number of rotatable bonds is 2. The summed E-state index contributed by atoms with van der Waals surface area (Å²) in [4.78, 5) is 4.17. The Kier molecular flexibility index (Phi) is 2.56. The van der Waals surface area contributed by atoms with E-state index < -0.39 is 0 Å². The molecule has 4 nitrogen and oxygen atoms in total. The Labute approximate surface area is 94.9 Å². The second kappa shape index (κ2) is 3.89. The number of nitrogen functional groups attached to an aromatic ring is 2. The summed E-state index contributed by atoms with van der Waals surface area (Å²) in [5, 5.41) is 0. The minimum Gasteiger partial charge on any atom is -0.368 e. The summed E-state index contributed by atoms with van der Waals surface area (Å²) >= 11 is 0. The summed E-state index contributed by atoms with van der Waals surface area (Å²) in [7, 11) is 0. The maximum absolute atomic E-state index is 5.59. The third kappa shape index (κ3) is 1.86. The number of imidazole rings is 1. The Morgan fingerprint density at radius 3 is 2.25 bits per heavy atom. The van der Waals surface area contributed by atoms with Crippen LogP contribution in [0, 0.1) is 0 Å². The molecule has 0 saturated heterocycles. The Hall–Kier alpha value is -1.97. The van der Waals surface area contributed by atoms with Crippen LogP contribution in [0.25, 0.3) is 11.3 Å². The smallest absolute Gasteiger partial charge is 0.219 e. The van der Waals surface area contributed by atoms with E-state index in [0.29, 0.717) is 11.9 Å². The van der Waals surface area contributed by atoms with E-state index >= 15 is 0 Å². The number of nitrogens with two attached hydrogens (primary N) is 2. The van der Waals surface area contributed by atoms with Crippen molar-refractivity contribution in [2.24, 2.45) is 0 Å². The molecule has 4 N–H and O–H groups in total. The molecule has 0 aliphatic carbocycles. The lowest BCUT2D eigenvalue weighted by molar-refractivity contribution is 0.867.